The number of benzene rings is 1. The van der Waals surface area contributed by atoms with E-state index < -0.39 is 0 Å². The fourth-order valence-electron chi connectivity index (χ4n) is 2.95. The fourth-order valence-corrected chi connectivity index (χ4v) is 2.95. The Morgan fingerprint density at radius 3 is 2.68 bits per heavy atom. The van der Waals surface area contributed by atoms with E-state index in [2.05, 4.69) is 15.8 Å². The third-order valence-electron chi connectivity index (χ3n) is 4.22. The molecule has 2 N–H and O–H groups in total. The lowest BCUT2D eigenvalue weighted by Crippen LogP contribution is -2.29. The maximum absolute atomic E-state index is 12.7. The van der Waals surface area contributed by atoms with Crippen LogP contribution < -0.4 is 10.6 Å². The van der Waals surface area contributed by atoms with Crippen LogP contribution in [0.1, 0.15) is 34.5 Å². The summed E-state index contributed by atoms with van der Waals surface area (Å²) in [6.07, 6.45) is 2.08. The molecule has 0 radical (unpaired) electrons. The maximum Gasteiger partial charge on any atom is 0.255 e. The van der Waals surface area contributed by atoms with Crippen molar-refractivity contribution in [2.75, 3.05) is 30.3 Å². The number of hydrogen-bond donors (Lipinski definition) is 2. The predicted octanol–water partition coefficient (Wildman–Crippen LogP) is 2.58. The highest BCUT2D eigenvalue weighted by atomic mass is 16.5. The molecule has 1 aliphatic heterocycles. The molecule has 0 spiro atoms. The molecule has 7 nitrogen and oxygen atoms in total. The third kappa shape index (κ3) is 3.99. The molecule has 0 unspecified atom stereocenters. The van der Waals surface area contributed by atoms with E-state index in [1.54, 1.807) is 19.1 Å². The molecule has 1 aliphatic rings. The summed E-state index contributed by atoms with van der Waals surface area (Å²) in [7, 11) is 0. The molecule has 1 saturated heterocycles. The second-order valence-corrected chi connectivity index (χ2v) is 6.22. The van der Waals surface area contributed by atoms with E-state index in [1.165, 1.54) is 0 Å². The lowest BCUT2D eigenvalue weighted by Gasteiger charge is -2.19. The highest BCUT2D eigenvalue weighted by molar-refractivity contribution is 6.01. The van der Waals surface area contributed by atoms with Gasteiger partial charge in [-0.3, -0.25) is 9.59 Å². The molecule has 2 aromatic rings. The van der Waals surface area contributed by atoms with Crippen LogP contribution in [0.3, 0.4) is 0 Å². The number of likely N-dealkylation sites (tertiary alicyclic amines) is 1. The normalized spacial score (nSPS) is 13.8. The summed E-state index contributed by atoms with van der Waals surface area (Å²) < 4.78 is 4.92. The number of carbonyl (C=O) groups is 2. The van der Waals surface area contributed by atoms with Gasteiger partial charge in [-0.05, 0) is 38.3 Å². The third-order valence-corrected chi connectivity index (χ3v) is 4.22. The zero-order chi connectivity index (χ0) is 17.8. The highest BCUT2D eigenvalue weighted by Crippen LogP contribution is 2.23. The first-order chi connectivity index (χ1) is 12.0. The van der Waals surface area contributed by atoms with Crippen LogP contribution in [0.15, 0.2) is 28.8 Å². The predicted molar refractivity (Wildman–Crippen MR) is 94.7 cm³/mol. The second kappa shape index (κ2) is 7.38. The van der Waals surface area contributed by atoms with Crippen molar-refractivity contribution >= 4 is 23.3 Å². The van der Waals surface area contributed by atoms with Crippen LogP contribution in [-0.2, 0) is 4.79 Å². The van der Waals surface area contributed by atoms with Crippen molar-refractivity contribution in [1.29, 1.82) is 0 Å². The number of aryl methyl sites for hydroxylation is 2. The summed E-state index contributed by atoms with van der Waals surface area (Å²) in [4.78, 5) is 26.7. The van der Waals surface area contributed by atoms with E-state index in [0.29, 0.717) is 22.8 Å². The summed E-state index contributed by atoms with van der Waals surface area (Å²) in [5.41, 5.74) is 2.23. The van der Waals surface area contributed by atoms with E-state index in [0.717, 1.165) is 31.5 Å². The SMILES string of the molecule is Cc1cc(NC(=O)CNc2c(C)cccc2C(=O)N2CCCC2)no1. The summed E-state index contributed by atoms with van der Waals surface area (Å²) in [6, 6.07) is 7.23. The number of anilines is 2. The van der Waals surface area contributed by atoms with Crippen molar-refractivity contribution in [3.63, 3.8) is 0 Å². The van der Waals surface area contributed by atoms with Gasteiger partial charge in [-0.15, -0.1) is 0 Å². The van der Waals surface area contributed by atoms with Crippen molar-refractivity contribution in [2.24, 2.45) is 0 Å². The molecule has 0 saturated carbocycles. The molecular weight excluding hydrogens is 320 g/mol. The summed E-state index contributed by atoms with van der Waals surface area (Å²) >= 11 is 0. The molecule has 132 valence electrons. The van der Waals surface area contributed by atoms with Crippen LogP contribution >= 0.6 is 0 Å². The van der Waals surface area contributed by atoms with E-state index in [-0.39, 0.29) is 18.4 Å². The number of amides is 2. The quantitative estimate of drug-likeness (QED) is 0.872. The monoisotopic (exact) mass is 342 g/mol. The van der Waals surface area contributed by atoms with Gasteiger partial charge in [0.2, 0.25) is 5.91 Å². The maximum atomic E-state index is 12.7. The molecule has 1 aromatic carbocycles. The van der Waals surface area contributed by atoms with Gasteiger partial charge in [0.05, 0.1) is 17.8 Å². The van der Waals surface area contributed by atoms with Crippen molar-refractivity contribution in [3.05, 3.63) is 41.2 Å². The lowest BCUT2D eigenvalue weighted by atomic mass is 10.1. The summed E-state index contributed by atoms with van der Waals surface area (Å²) in [5, 5.41) is 9.48. The summed E-state index contributed by atoms with van der Waals surface area (Å²) in [6.45, 7) is 5.29. The largest absolute Gasteiger partial charge is 0.375 e. The highest BCUT2D eigenvalue weighted by Gasteiger charge is 2.22. The van der Waals surface area contributed by atoms with Crippen LogP contribution in [0, 0.1) is 13.8 Å². The number of nitrogens with one attached hydrogen (secondary N) is 2. The minimum absolute atomic E-state index is 0.0104. The number of nitrogens with zero attached hydrogens (tertiary/aromatic N) is 2. The molecule has 25 heavy (non-hydrogen) atoms. The Hall–Kier alpha value is -2.83. The number of hydrogen-bond acceptors (Lipinski definition) is 5. The van der Waals surface area contributed by atoms with Crippen molar-refractivity contribution < 1.29 is 14.1 Å². The van der Waals surface area contributed by atoms with Gasteiger partial charge >= 0.3 is 0 Å². The first-order valence-corrected chi connectivity index (χ1v) is 8.40. The van der Waals surface area contributed by atoms with Crippen LogP contribution in [0.5, 0.6) is 0 Å². The van der Waals surface area contributed by atoms with E-state index in [4.69, 9.17) is 4.52 Å². The molecule has 7 heteroatoms. The van der Waals surface area contributed by atoms with Crippen molar-refractivity contribution in [3.8, 4) is 0 Å². The Balaban J connectivity index is 1.69. The van der Waals surface area contributed by atoms with Gasteiger partial charge in [-0.25, -0.2) is 0 Å². The molecular formula is C18H22N4O3. The van der Waals surface area contributed by atoms with E-state index >= 15 is 0 Å². The molecule has 3 rings (SSSR count). The number of para-hydroxylation sites is 1. The minimum Gasteiger partial charge on any atom is -0.375 e. The molecule has 1 aromatic heterocycles. The molecule has 0 aliphatic carbocycles. The summed E-state index contributed by atoms with van der Waals surface area (Å²) in [5.74, 6) is 0.760. The zero-order valence-corrected chi connectivity index (χ0v) is 14.5. The van der Waals surface area contributed by atoms with Gasteiger partial charge in [0.1, 0.15) is 5.76 Å². The smallest absolute Gasteiger partial charge is 0.255 e. The van der Waals surface area contributed by atoms with E-state index in [9.17, 15) is 9.59 Å². The number of aromatic nitrogens is 1. The minimum atomic E-state index is -0.254. The molecule has 1 fully saturated rings. The second-order valence-electron chi connectivity index (χ2n) is 6.22. The van der Waals surface area contributed by atoms with Crippen LogP contribution in [-0.4, -0.2) is 41.5 Å². The van der Waals surface area contributed by atoms with Crippen molar-refractivity contribution in [1.82, 2.24) is 10.1 Å². The molecule has 2 amide bonds. The van der Waals surface area contributed by atoms with Gasteiger partial charge in [-0.2, -0.15) is 0 Å². The van der Waals surface area contributed by atoms with Crippen LogP contribution in [0.2, 0.25) is 0 Å². The topological polar surface area (TPSA) is 87.5 Å². The Bertz CT molecular complexity index is 778. The zero-order valence-electron chi connectivity index (χ0n) is 14.5. The average Bonchev–Trinajstić information content (AvgIpc) is 3.25. The molecule has 0 atom stereocenters. The average molecular weight is 342 g/mol. The van der Waals surface area contributed by atoms with Gasteiger partial charge < -0.3 is 20.1 Å². The van der Waals surface area contributed by atoms with Gasteiger partial charge in [0, 0.05) is 19.2 Å². The molecule has 2 heterocycles. The Morgan fingerprint density at radius 2 is 2.00 bits per heavy atom. The van der Waals surface area contributed by atoms with Crippen molar-refractivity contribution in [2.45, 2.75) is 26.7 Å². The first-order valence-electron chi connectivity index (χ1n) is 8.40. The molecule has 0 bridgehead atoms. The van der Waals surface area contributed by atoms with Crippen LogP contribution in [0.25, 0.3) is 0 Å². The Kier molecular flexibility index (Phi) is 5.02. The standard InChI is InChI=1S/C18H22N4O3/c1-12-6-5-7-14(18(24)22-8-3-4-9-22)17(12)19-11-16(23)20-15-10-13(2)25-21-15/h5-7,10,19H,3-4,8-9,11H2,1-2H3,(H,20,21,23). The Morgan fingerprint density at radius 1 is 1.24 bits per heavy atom. The van der Waals surface area contributed by atoms with E-state index in [1.807, 2.05) is 24.0 Å². The Labute approximate surface area is 146 Å². The van der Waals surface area contributed by atoms with Crippen LogP contribution in [0.4, 0.5) is 11.5 Å². The fraction of sp³-hybridized carbons (Fsp3) is 0.389. The van der Waals surface area contributed by atoms with Gasteiger partial charge in [0.25, 0.3) is 5.91 Å². The number of carbonyl (C=O) groups excluding carboxylic acids is 2. The van der Waals surface area contributed by atoms with Gasteiger partial charge in [-0.1, -0.05) is 17.3 Å². The lowest BCUT2D eigenvalue weighted by molar-refractivity contribution is -0.114. The van der Waals surface area contributed by atoms with Gasteiger partial charge in [0.15, 0.2) is 5.82 Å². The first kappa shape index (κ1) is 17.0. The number of rotatable bonds is 5.